The molecule has 1 aromatic heterocycles. The van der Waals surface area contributed by atoms with Gasteiger partial charge in [-0.1, -0.05) is 13.8 Å². The van der Waals surface area contributed by atoms with Crippen molar-refractivity contribution in [2.24, 2.45) is 5.92 Å². The van der Waals surface area contributed by atoms with E-state index in [4.69, 9.17) is 4.74 Å². The van der Waals surface area contributed by atoms with Gasteiger partial charge in [-0.3, -0.25) is 4.90 Å². The highest BCUT2D eigenvalue weighted by Crippen LogP contribution is 2.33. The molecule has 1 amide bonds. The molecule has 0 aliphatic heterocycles. The molecule has 1 N–H and O–H groups in total. The first-order chi connectivity index (χ1) is 13.8. The molecule has 164 valence electrons. The van der Waals surface area contributed by atoms with E-state index >= 15 is 0 Å². The molecule has 1 heterocycles. The summed E-state index contributed by atoms with van der Waals surface area (Å²) in [5.41, 5.74) is -0.210. The molecule has 0 bridgehead atoms. The standard InChI is InChI=1S/C23H32FN3O3/c1-15(2)13-23(7,27(21(28)29)22(4,5)6)14-30-20-9-8-17(12-18(20)24)19-10-11-25-16(3)26-19/h8-12,15H,13-14H2,1-7H3,(H,28,29)/t23-/m0/s1. The summed E-state index contributed by atoms with van der Waals surface area (Å²) < 4.78 is 20.6. The van der Waals surface area contributed by atoms with Crippen LogP contribution in [0.4, 0.5) is 9.18 Å². The highest BCUT2D eigenvalue weighted by Gasteiger charge is 2.43. The maximum atomic E-state index is 14.8. The Balaban J connectivity index is 2.29. The van der Waals surface area contributed by atoms with Gasteiger partial charge in [0.25, 0.3) is 0 Å². The number of rotatable bonds is 7. The molecule has 0 radical (unpaired) electrons. The second-order valence-electron chi connectivity index (χ2n) is 9.31. The number of carboxylic acid groups (broad SMARTS) is 1. The summed E-state index contributed by atoms with van der Waals surface area (Å²) in [6.45, 7) is 13.3. The summed E-state index contributed by atoms with van der Waals surface area (Å²) in [6, 6.07) is 6.38. The molecule has 2 rings (SSSR count). The van der Waals surface area contributed by atoms with Crippen LogP contribution in [-0.2, 0) is 0 Å². The topological polar surface area (TPSA) is 75.5 Å². The number of carbonyl (C=O) groups is 1. The molecule has 7 heteroatoms. The van der Waals surface area contributed by atoms with Gasteiger partial charge in [0.05, 0.1) is 11.2 Å². The van der Waals surface area contributed by atoms with Crippen LogP contribution in [0.15, 0.2) is 30.5 Å². The molecule has 0 fully saturated rings. The van der Waals surface area contributed by atoms with Crippen molar-refractivity contribution < 1.29 is 19.0 Å². The fourth-order valence-electron chi connectivity index (χ4n) is 4.05. The first-order valence-electron chi connectivity index (χ1n) is 10.1. The van der Waals surface area contributed by atoms with Crippen molar-refractivity contribution in [1.29, 1.82) is 0 Å². The van der Waals surface area contributed by atoms with Gasteiger partial charge >= 0.3 is 6.09 Å². The molecule has 1 atom stereocenters. The average Bonchev–Trinajstić information content (AvgIpc) is 2.58. The molecular formula is C23H32FN3O3. The molecule has 0 aliphatic rings. The van der Waals surface area contributed by atoms with Crippen LogP contribution in [0.3, 0.4) is 0 Å². The molecule has 1 aromatic carbocycles. The third-order valence-corrected chi connectivity index (χ3v) is 4.79. The maximum absolute atomic E-state index is 14.8. The maximum Gasteiger partial charge on any atom is 0.408 e. The summed E-state index contributed by atoms with van der Waals surface area (Å²) in [5.74, 6) is 0.400. The lowest BCUT2D eigenvalue weighted by Crippen LogP contribution is -2.61. The van der Waals surface area contributed by atoms with Crippen molar-refractivity contribution >= 4 is 6.09 Å². The van der Waals surface area contributed by atoms with Crippen molar-refractivity contribution in [3.05, 3.63) is 42.1 Å². The van der Waals surface area contributed by atoms with E-state index < -0.39 is 23.0 Å². The van der Waals surface area contributed by atoms with E-state index in [0.717, 1.165) is 0 Å². The predicted molar refractivity (Wildman–Crippen MR) is 115 cm³/mol. The van der Waals surface area contributed by atoms with Gasteiger partial charge < -0.3 is 9.84 Å². The second-order valence-corrected chi connectivity index (χ2v) is 9.31. The van der Waals surface area contributed by atoms with Gasteiger partial charge in [0.2, 0.25) is 0 Å². The van der Waals surface area contributed by atoms with Gasteiger partial charge in [0.1, 0.15) is 12.4 Å². The van der Waals surface area contributed by atoms with E-state index in [1.807, 2.05) is 41.5 Å². The monoisotopic (exact) mass is 417 g/mol. The largest absolute Gasteiger partial charge is 0.488 e. The molecule has 30 heavy (non-hydrogen) atoms. The SMILES string of the molecule is Cc1nccc(-c2ccc(OC[C@](C)(CC(C)C)N(C(=O)O)C(C)(C)C)c(F)c2)n1. The zero-order chi connectivity index (χ0) is 22.7. The lowest BCUT2D eigenvalue weighted by Gasteiger charge is -2.47. The van der Waals surface area contributed by atoms with Crippen molar-refractivity contribution in [2.45, 2.75) is 66.0 Å². The van der Waals surface area contributed by atoms with Crippen molar-refractivity contribution in [2.75, 3.05) is 6.61 Å². The highest BCUT2D eigenvalue weighted by atomic mass is 19.1. The van der Waals surface area contributed by atoms with E-state index in [2.05, 4.69) is 9.97 Å². The number of nitrogens with zero attached hydrogens (tertiary/aromatic N) is 3. The Hall–Kier alpha value is -2.70. The minimum atomic E-state index is -1.02. The van der Waals surface area contributed by atoms with Crippen LogP contribution in [0.1, 0.15) is 53.8 Å². The molecule has 2 aromatic rings. The summed E-state index contributed by atoms with van der Waals surface area (Å²) in [4.78, 5) is 21.8. The number of ether oxygens (including phenoxy) is 1. The molecule has 0 saturated heterocycles. The molecular weight excluding hydrogens is 385 g/mol. The van der Waals surface area contributed by atoms with Crippen LogP contribution in [0.2, 0.25) is 0 Å². The quantitative estimate of drug-likeness (QED) is 0.639. The molecule has 0 aliphatic carbocycles. The van der Waals surface area contributed by atoms with E-state index in [1.165, 1.54) is 11.0 Å². The predicted octanol–water partition coefficient (Wildman–Crippen LogP) is 5.55. The lowest BCUT2D eigenvalue weighted by molar-refractivity contribution is -0.0114. The summed E-state index contributed by atoms with van der Waals surface area (Å²) in [5, 5.41) is 9.88. The number of aryl methyl sites for hydroxylation is 1. The number of aromatic nitrogens is 2. The van der Waals surface area contributed by atoms with Crippen LogP contribution < -0.4 is 4.74 Å². The van der Waals surface area contributed by atoms with Gasteiger partial charge in [-0.15, -0.1) is 0 Å². The van der Waals surface area contributed by atoms with Crippen LogP contribution >= 0.6 is 0 Å². The summed E-state index contributed by atoms with van der Waals surface area (Å²) >= 11 is 0. The first kappa shape index (κ1) is 23.6. The fraction of sp³-hybridized carbons (Fsp3) is 0.522. The van der Waals surface area contributed by atoms with Crippen LogP contribution in [0.25, 0.3) is 11.3 Å². The fourth-order valence-corrected chi connectivity index (χ4v) is 4.05. The van der Waals surface area contributed by atoms with E-state index in [-0.39, 0.29) is 18.3 Å². The Morgan fingerprint density at radius 2 is 1.90 bits per heavy atom. The van der Waals surface area contributed by atoms with Crippen molar-refractivity contribution in [1.82, 2.24) is 14.9 Å². The van der Waals surface area contributed by atoms with Crippen LogP contribution in [-0.4, -0.2) is 43.8 Å². The third-order valence-electron chi connectivity index (χ3n) is 4.79. The number of amides is 1. The number of halogens is 1. The van der Waals surface area contributed by atoms with Crippen molar-refractivity contribution in [3.63, 3.8) is 0 Å². The molecule has 0 saturated carbocycles. The minimum absolute atomic E-state index is 0.0393. The Kier molecular flexibility index (Phi) is 7.06. The van der Waals surface area contributed by atoms with E-state index in [0.29, 0.717) is 23.5 Å². The Morgan fingerprint density at radius 1 is 1.23 bits per heavy atom. The highest BCUT2D eigenvalue weighted by molar-refractivity contribution is 5.67. The normalized spacial score (nSPS) is 13.8. The van der Waals surface area contributed by atoms with Gasteiger partial charge in [0, 0.05) is 17.3 Å². The first-order valence-corrected chi connectivity index (χ1v) is 10.1. The summed E-state index contributed by atoms with van der Waals surface area (Å²) in [7, 11) is 0. The zero-order valence-corrected chi connectivity index (χ0v) is 18.9. The molecule has 0 unspecified atom stereocenters. The van der Waals surface area contributed by atoms with Gasteiger partial charge in [0.15, 0.2) is 11.6 Å². The second kappa shape index (κ2) is 8.98. The molecule has 0 spiro atoms. The van der Waals surface area contributed by atoms with E-state index in [1.54, 1.807) is 31.3 Å². The average molecular weight is 418 g/mol. The van der Waals surface area contributed by atoms with E-state index in [9.17, 15) is 14.3 Å². The Labute approximate surface area is 178 Å². The van der Waals surface area contributed by atoms with Gasteiger partial charge in [-0.05, 0) is 71.2 Å². The molecule has 6 nitrogen and oxygen atoms in total. The third kappa shape index (κ3) is 5.68. The van der Waals surface area contributed by atoms with Crippen LogP contribution in [0.5, 0.6) is 5.75 Å². The van der Waals surface area contributed by atoms with Crippen LogP contribution in [0, 0.1) is 18.7 Å². The minimum Gasteiger partial charge on any atom is -0.488 e. The zero-order valence-electron chi connectivity index (χ0n) is 18.9. The number of hydrogen-bond acceptors (Lipinski definition) is 4. The number of hydrogen-bond donors (Lipinski definition) is 1. The van der Waals surface area contributed by atoms with Gasteiger partial charge in [-0.25, -0.2) is 19.2 Å². The van der Waals surface area contributed by atoms with Crippen molar-refractivity contribution in [3.8, 4) is 17.0 Å². The number of benzene rings is 1. The van der Waals surface area contributed by atoms with Gasteiger partial charge in [-0.2, -0.15) is 0 Å². The Bertz CT molecular complexity index is 896. The summed E-state index contributed by atoms with van der Waals surface area (Å²) in [6.07, 6.45) is 1.19. The smallest absolute Gasteiger partial charge is 0.408 e. The Morgan fingerprint density at radius 3 is 2.40 bits per heavy atom. The lowest BCUT2D eigenvalue weighted by atomic mass is 9.86.